The molecule has 0 spiro atoms. The molecular weight excluding hydrogens is 356 g/mol. The summed E-state index contributed by atoms with van der Waals surface area (Å²) in [5, 5.41) is 7.44. The first-order chi connectivity index (χ1) is 13.6. The SMILES string of the molecule is COc1ccc(CC[NH+](C)CC(=O)Nc2ccnn2C2CCCC2)cc1OC. The van der Waals surface area contributed by atoms with E-state index >= 15 is 0 Å². The first-order valence-corrected chi connectivity index (χ1v) is 9.96. The van der Waals surface area contributed by atoms with Crippen LogP contribution >= 0.6 is 0 Å². The lowest BCUT2D eigenvalue weighted by Gasteiger charge is -2.17. The van der Waals surface area contributed by atoms with Crippen molar-refractivity contribution in [3.63, 3.8) is 0 Å². The second-order valence-electron chi connectivity index (χ2n) is 7.47. The van der Waals surface area contributed by atoms with Crippen molar-refractivity contribution in [3.8, 4) is 11.5 Å². The van der Waals surface area contributed by atoms with Crippen LogP contribution in [0.2, 0.25) is 0 Å². The van der Waals surface area contributed by atoms with Gasteiger partial charge in [0.25, 0.3) is 5.91 Å². The van der Waals surface area contributed by atoms with Crippen molar-refractivity contribution < 1.29 is 19.2 Å². The Balaban J connectivity index is 1.49. The maximum Gasteiger partial charge on any atom is 0.280 e. The fourth-order valence-corrected chi connectivity index (χ4v) is 3.80. The van der Waals surface area contributed by atoms with Crippen LogP contribution in [0.1, 0.15) is 37.3 Å². The van der Waals surface area contributed by atoms with Crippen molar-refractivity contribution in [2.75, 3.05) is 39.7 Å². The van der Waals surface area contributed by atoms with Gasteiger partial charge in [-0.05, 0) is 30.5 Å². The number of amides is 1. The third kappa shape index (κ3) is 5.04. The topological polar surface area (TPSA) is 69.8 Å². The molecule has 1 fully saturated rings. The number of nitrogens with zero attached hydrogens (tertiary/aromatic N) is 2. The van der Waals surface area contributed by atoms with E-state index in [0.717, 1.165) is 53.6 Å². The minimum atomic E-state index is 0.0181. The summed E-state index contributed by atoms with van der Waals surface area (Å²) in [6.45, 7) is 1.27. The lowest BCUT2D eigenvalue weighted by Crippen LogP contribution is -3.10. The van der Waals surface area contributed by atoms with E-state index in [-0.39, 0.29) is 5.91 Å². The van der Waals surface area contributed by atoms with E-state index in [1.54, 1.807) is 20.4 Å². The highest BCUT2D eigenvalue weighted by Crippen LogP contribution is 2.31. The summed E-state index contributed by atoms with van der Waals surface area (Å²) in [5.74, 6) is 2.29. The van der Waals surface area contributed by atoms with E-state index in [1.807, 2.05) is 36.0 Å². The average Bonchev–Trinajstić information content (AvgIpc) is 3.37. The molecule has 7 nitrogen and oxygen atoms in total. The molecule has 1 aliphatic rings. The third-order valence-electron chi connectivity index (χ3n) is 5.36. The number of carbonyl (C=O) groups is 1. The van der Waals surface area contributed by atoms with Crippen molar-refractivity contribution >= 4 is 11.7 Å². The number of benzene rings is 1. The molecule has 0 radical (unpaired) electrons. The fourth-order valence-electron chi connectivity index (χ4n) is 3.80. The molecule has 2 N–H and O–H groups in total. The van der Waals surface area contributed by atoms with Gasteiger partial charge in [-0.1, -0.05) is 18.9 Å². The number of anilines is 1. The number of methoxy groups -OCH3 is 2. The van der Waals surface area contributed by atoms with Crippen LogP contribution in [0.25, 0.3) is 0 Å². The van der Waals surface area contributed by atoms with Gasteiger partial charge in [-0.3, -0.25) is 4.79 Å². The molecule has 0 aliphatic heterocycles. The second kappa shape index (κ2) is 9.59. The first-order valence-electron chi connectivity index (χ1n) is 9.96. The molecule has 1 amide bonds. The quantitative estimate of drug-likeness (QED) is 0.687. The highest BCUT2D eigenvalue weighted by atomic mass is 16.5. The number of rotatable bonds is 9. The summed E-state index contributed by atoms with van der Waals surface area (Å²) >= 11 is 0. The van der Waals surface area contributed by atoms with Gasteiger partial charge >= 0.3 is 0 Å². The molecule has 1 aromatic heterocycles. The summed E-state index contributed by atoms with van der Waals surface area (Å²) < 4.78 is 12.6. The molecule has 1 heterocycles. The number of nitrogens with one attached hydrogen (secondary N) is 2. The van der Waals surface area contributed by atoms with Gasteiger partial charge < -0.3 is 19.7 Å². The zero-order valence-electron chi connectivity index (χ0n) is 17.0. The summed E-state index contributed by atoms with van der Waals surface area (Å²) in [6.07, 6.45) is 7.38. The van der Waals surface area contributed by atoms with Gasteiger partial charge in [0.05, 0.1) is 40.1 Å². The number of quaternary nitrogens is 1. The van der Waals surface area contributed by atoms with Crippen LogP contribution in [0.5, 0.6) is 11.5 Å². The molecule has 2 aromatic rings. The van der Waals surface area contributed by atoms with Gasteiger partial charge in [0.1, 0.15) is 5.82 Å². The number of ether oxygens (including phenoxy) is 2. The summed E-state index contributed by atoms with van der Waals surface area (Å²) in [7, 11) is 5.31. The largest absolute Gasteiger partial charge is 0.493 e. The minimum Gasteiger partial charge on any atom is -0.493 e. The summed E-state index contributed by atoms with van der Waals surface area (Å²) in [4.78, 5) is 13.6. The molecule has 0 saturated heterocycles. The predicted molar refractivity (Wildman–Crippen MR) is 108 cm³/mol. The molecule has 1 unspecified atom stereocenters. The van der Waals surface area contributed by atoms with Gasteiger partial charge in [0.15, 0.2) is 18.0 Å². The van der Waals surface area contributed by atoms with Crippen LogP contribution in [-0.4, -0.2) is 50.0 Å². The van der Waals surface area contributed by atoms with Crippen LogP contribution in [-0.2, 0) is 11.2 Å². The van der Waals surface area contributed by atoms with Gasteiger partial charge in [-0.2, -0.15) is 5.10 Å². The Morgan fingerprint density at radius 1 is 1.21 bits per heavy atom. The maximum absolute atomic E-state index is 12.5. The van der Waals surface area contributed by atoms with Gasteiger partial charge in [-0.25, -0.2) is 4.68 Å². The Hall–Kier alpha value is -2.54. The Morgan fingerprint density at radius 3 is 2.68 bits per heavy atom. The van der Waals surface area contributed by atoms with Gasteiger partial charge in [0, 0.05) is 12.5 Å². The van der Waals surface area contributed by atoms with Gasteiger partial charge in [0.2, 0.25) is 0 Å². The highest BCUT2D eigenvalue weighted by molar-refractivity contribution is 5.90. The Kier molecular flexibility index (Phi) is 6.92. The Bertz CT molecular complexity index is 784. The molecule has 7 heteroatoms. The summed E-state index contributed by atoms with van der Waals surface area (Å²) in [6, 6.07) is 8.25. The van der Waals surface area contributed by atoms with Crippen LogP contribution in [0.3, 0.4) is 0 Å². The lowest BCUT2D eigenvalue weighted by atomic mass is 10.1. The van der Waals surface area contributed by atoms with Crippen molar-refractivity contribution in [3.05, 3.63) is 36.0 Å². The number of hydrogen-bond acceptors (Lipinski definition) is 4. The molecule has 152 valence electrons. The molecule has 1 aliphatic carbocycles. The van der Waals surface area contributed by atoms with Crippen LogP contribution in [0.15, 0.2) is 30.5 Å². The average molecular weight is 388 g/mol. The van der Waals surface area contributed by atoms with Crippen LogP contribution < -0.4 is 19.7 Å². The Morgan fingerprint density at radius 2 is 1.96 bits per heavy atom. The second-order valence-corrected chi connectivity index (χ2v) is 7.47. The van der Waals surface area contributed by atoms with Crippen molar-refractivity contribution in [1.29, 1.82) is 0 Å². The van der Waals surface area contributed by atoms with Crippen molar-refractivity contribution in [1.82, 2.24) is 9.78 Å². The van der Waals surface area contributed by atoms with E-state index in [0.29, 0.717) is 12.6 Å². The molecule has 1 saturated carbocycles. The van der Waals surface area contributed by atoms with E-state index in [2.05, 4.69) is 10.4 Å². The smallest absolute Gasteiger partial charge is 0.280 e. The van der Waals surface area contributed by atoms with E-state index in [9.17, 15) is 4.79 Å². The zero-order valence-corrected chi connectivity index (χ0v) is 17.0. The van der Waals surface area contributed by atoms with Crippen LogP contribution in [0, 0.1) is 0 Å². The number of likely N-dealkylation sites (N-methyl/N-ethyl adjacent to an activating group) is 1. The van der Waals surface area contributed by atoms with Crippen LogP contribution in [0.4, 0.5) is 5.82 Å². The minimum absolute atomic E-state index is 0.0181. The molecule has 1 atom stereocenters. The molecule has 1 aromatic carbocycles. The maximum atomic E-state index is 12.5. The lowest BCUT2D eigenvalue weighted by molar-refractivity contribution is -0.870. The zero-order chi connectivity index (χ0) is 19.9. The Labute approximate surface area is 166 Å². The predicted octanol–water partition coefficient (Wildman–Crippen LogP) is 1.71. The first kappa shape index (κ1) is 20.2. The van der Waals surface area contributed by atoms with E-state index in [1.165, 1.54) is 12.8 Å². The number of hydrogen-bond donors (Lipinski definition) is 2. The number of carbonyl (C=O) groups excluding carboxylic acids is 1. The molecule has 3 rings (SSSR count). The van der Waals surface area contributed by atoms with Crippen molar-refractivity contribution in [2.45, 2.75) is 38.1 Å². The molecule has 0 bridgehead atoms. The van der Waals surface area contributed by atoms with E-state index in [4.69, 9.17) is 9.47 Å². The number of aromatic nitrogens is 2. The highest BCUT2D eigenvalue weighted by Gasteiger charge is 2.21. The molecule has 28 heavy (non-hydrogen) atoms. The van der Waals surface area contributed by atoms with Crippen molar-refractivity contribution in [2.24, 2.45) is 0 Å². The monoisotopic (exact) mass is 387 g/mol. The third-order valence-corrected chi connectivity index (χ3v) is 5.36. The van der Waals surface area contributed by atoms with E-state index < -0.39 is 0 Å². The standard InChI is InChI=1S/C21H30N4O3/c1-24(13-11-16-8-9-18(27-2)19(14-16)28-3)15-21(26)23-20-10-12-22-25(20)17-6-4-5-7-17/h8-10,12,14,17H,4-7,11,13,15H2,1-3H3,(H,23,26)/p+1. The summed E-state index contributed by atoms with van der Waals surface area (Å²) in [5.41, 5.74) is 1.16. The fraction of sp³-hybridized carbons (Fsp3) is 0.524. The molecular formula is C21H31N4O3+. The normalized spacial score (nSPS) is 15.4. The van der Waals surface area contributed by atoms with Gasteiger partial charge in [-0.15, -0.1) is 0 Å².